The summed E-state index contributed by atoms with van der Waals surface area (Å²) in [5, 5.41) is 13.5. The van der Waals surface area contributed by atoms with E-state index in [4.69, 9.17) is 11.6 Å². The van der Waals surface area contributed by atoms with Gasteiger partial charge < -0.3 is 5.32 Å². The summed E-state index contributed by atoms with van der Waals surface area (Å²) in [5.74, 6) is 0.358. The molecule has 1 heterocycles. The molecule has 0 fully saturated rings. The first-order chi connectivity index (χ1) is 10.6. The zero-order valence-electron chi connectivity index (χ0n) is 12.1. The van der Waals surface area contributed by atoms with E-state index < -0.39 is 0 Å². The first-order valence-corrected chi connectivity index (χ1v) is 8.39. The number of hydrogen-bond acceptors (Lipinski definition) is 3. The van der Waals surface area contributed by atoms with Gasteiger partial charge in [-0.2, -0.15) is 5.26 Å². The normalized spacial score (nSPS) is 16.7. The van der Waals surface area contributed by atoms with Crippen LogP contribution in [0.1, 0.15) is 39.7 Å². The SMILES string of the molecule is C[C@@H]1CCc2sc(NC(=O)c3cccc(Cl)c3)c(C#N)c2C1. The zero-order chi connectivity index (χ0) is 15.7. The Hall–Kier alpha value is -1.83. The minimum Gasteiger partial charge on any atom is -0.312 e. The van der Waals surface area contributed by atoms with Crippen LogP contribution in [0, 0.1) is 17.2 Å². The Morgan fingerprint density at radius 1 is 1.50 bits per heavy atom. The van der Waals surface area contributed by atoms with Gasteiger partial charge in [-0.15, -0.1) is 11.3 Å². The molecule has 0 aliphatic heterocycles. The summed E-state index contributed by atoms with van der Waals surface area (Å²) in [6.07, 6.45) is 3.05. The molecular formula is C17H15ClN2OS. The lowest BCUT2D eigenvalue weighted by Crippen LogP contribution is -2.12. The summed E-state index contributed by atoms with van der Waals surface area (Å²) < 4.78 is 0. The van der Waals surface area contributed by atoms with E-state index in [1.54, 1.807) is 24.3 Å². The average molecular weight is 331 g/mol. The fraction of sp³-hybridized carbons (Fsp3) is 0.294. The summed E-state index contributed by atoms with van der Waals surface area (Å²) in [6.45, 7) is 2.20. The van der Waals surface area contributed by atoms with Gasteiger partial charge in [-0.3, -0.25) is 4.79 Å². The van der Waals surface area contributed by atoms with Crippen molar-refractivity contribution in [3.8, 4) is 6.07 Å². The van der Waals surface area contributed by atoms with E-state index >= 15 is 0 Å². The van der Waals surface area contributed by atoms with Crippen LogP contribution in [-0.2, 0) is 12.8 Å². The van der Waals surface area contributed by atoms with Crippen LogP contribution in [0.5, 0.6) is 0 Å². The van der Waals surface area contributed by atoms with Crippen molar-refractivity contribution in [2.24, 2.45) is 5.92 Å². The number of fused-ring (bicyclic) bond motifs is 1. The molecule has 1 aliphatic rings. The molecule has 0 spiro atoms. The van der Waals surface area contributed by atoms with Gasteiger partial charge in [0, 0.05) is 15.5 Å². The lowest BCUT2D eigenvalue weighted by Gasteiger charge is -2.17. The summed E-state index contributed by atoms with van der Waals surface area (Å²) >= 11 is 7.45. The molecular weight excluding hydrogens is 316 g/mol. The van der Waals surface area contributed by atoms with Crippen molar-refractivity contribution in [2.75, 3.05) is 5.32 Å². The van der Waals surface area contributed by atoms with E-state index in [0.29, 0.717) is 27.1 Å². The first-order valence-electron chi connectivity index (χ1n) is 7.20. The Bertz CT molecular complexity index is 775. The van der Waals surface area contributed by atoms with Gasteiger partial charge in [0.2, 0.25) is 0 Å². The van der Waals surface area contributed by atoms with Crippen LogP contribution in [0.4, 0.5) is 5.00 Å². The number of rotatable bonds is 2. The van der Waals surface area contributed by atoms with Crippen molar-refractivity contribution in [1.82, 2.24) is 0 Å². The smallest absolute Gasteiger partial charge is 0.256 e. The Kier molecular flexibility index (Phi) is 4.19. The lowest BCUT2D eigenvalue weighted by molar-refractivity contribution is 0.102. The average Bonchev–Trinajstić information content (AvgIpc) is 2.83. The molecule has 1 atom stereocenters. The maximum Gasteiger partial charge on any atom is 0.256 e. The highest BCUT2D eigenvalue weighted by Crippen LogP contribution is 2.39. The molecule has 0 saturated heterocycles. The van der Waals surface area contributed by atoms with Gasteiger partial charge in [-0.05, 0) is 48.9 Å². The van der Waals surface area contributed by atoms with Gasteiger partial charge in [0.1, 0.15) is 11.1 Å². The molecule has 0 radical (unpaired) electrons. The molecule has 112 valence electrons. The molecule has 1 N–H and O–H groups in total. The van der Waals surface area contributed by atoms with E-state index in [0.717, 1.165) is 24.8 Å². The molecule has 3 nitrogen and oxygen atoms in total. The van der Waals surface area contributed by atoms with Crippen LogP contribution >= 0.6 is 22.9 Å². The maximum absolute atomic E-state index is 12.3. The molecule has 3 rings (SSSR count). The van der Waals surface area contributed by atoms with Crippen LogP contribution < -0.4 is 5.32 Å². The van der Waals surface area contributed by atoms with Crippen molar-refractivity contribution in [3.05, 3.63) is 50.9 Å². The number of hydrogen-bond donors (Lipinski definition) is 1. The monoisotopic (exact) mass is 330 g/mol. The van der Waals surface area contributed by atoms with E-state index in [-0.39, 0.29) is 5.91 Å². The third kappa shape index (κ3) is 2.87. The molecule has 1 aromatic carbocycles. The van der Waals surface area contributed by atoms with Gasteiger partial charge in [0.05, 0.1) is 5.56 Å². The van der Waals surface area contributed by atoms with E-state index in [1.807, 2.05) is 0 Å². The number of halogens is 1. The number of thiophene rings is 1. The molecule has 0 unspecified atom stereocenters. The largest absolute Gasteiger partial charge is 0.312 e. The van der Waals surface area contributed by atoms with E-state index in [1.165, 1.54) is 16.2 Å². The Morgan fingerprint density at radius 2 is 2.32 bits per heavy atom. The third-order valence-electron chi connectivity index (χ3n) is 3.93. The van der Waals surface area contributed by atoms with Crippen molar-refractivity contribution >= 4 is 33.8 Å². The Labute approximate surface area is 138 Å². The number of carbonyl (C=O) groups excluding carboxylic acids is 1. The quantitative estimate of drug-likeness (QED) is 0.871. The molecule has 0 saturated carbocycles. The number of aryl methyl sites for hydroxylation is 1. The molecule has 1 aliphatic carbocycles. The lowest BCUT2D eigenvalue weighted by atomic mass is 9.88. The minimum atomic E-state index is -0.231. The van der Waals surface area contributed by atoms with Gasteiger partial charge in [0.15, 0.2) is 0 Å². The number of anilines is 1. The minimum absolute atomic E-state index is 0.231. The fourth-order valence-corrected chi connectivity index (χ4v) is 4.15. The topological polar surface area (TPSA) is 52.9 Å². The number of carbonyl (C=O) groups is 1. The van der Waals surface area contributed by atoms with Crippen molar-refractivity contribution in [1.29, 1.82) is 5.26 Å². The van der Waals surface area contributed by atoms with Gasteiger partial charge in [0.25, 0.3) is 5.91 Å². The fourth-order valence-electron chi connectivity index (χ4n) is 2.77. The maximum atomic E-state index is 12.3. The van der Waals surface area contributed by atoms with Crippen LogP contribution in [0.3, 0.4) is 0 Å². The van der Waals surface area contributed by atoms with E-state index in [2.05, 4.69) is 18.3 Å². The molecule has 1 amide bonds. The van der Waals surface area contributed by atoms with Gasteiger partial charge in [-0.25, -0.2) is 0 Å². The predicted molar refractivity (Wildman–Crippen MR) is 89.6 cm³/mol. The van der Waals surface area contributed by atoms with Crippen molar-refractivity contribution in [2.45, 2.75) is 26.2 Å². The highest BCUT2D eigenvalue weighted by atomic mass is 35.5. The summed E-state index contributed by atoms with van der Waals surface area (Å²) in [6, 6.07) is 9.06. The van der Waals surface area contributed by atoms with Gasteiger partial charge in [-0.1, -0.05) is 24.6 Å². The van der Waals surface area contributed by atoms with Crippen LogP contribution in [0.15, 0.2) is 24.3 Å². The Balaban J connectivity index is 1.90. The van der Waals surface area contributed by atoms with Crippen molar-refractivity contribution in [3.63, 3.8) is 0 Å². The van der Waals surface area contributed by atoms with Crippen molar-refractivity contribution < 1.29 is 4.79 Å². The van der Waals surface area contributed by atoms with Crippen LogP contribution in [0.25, 0.3) is 0 Å². The standard InChI is InChI=1S/C17H15ClN2OS/c1-10-5-6-15-13(7-10)14(9-19)17(22-15)20-16(21)11-3-2-4-12(18)8-11/h2-4,8,10H,5-7H2,1H3,(H,20,21)/t10-/m1/s1. The number of nitriles is 1. The highest BCUT2D eigenvalue weighted by Gasteiger charge is 2.24. The van der Waals surface area contributed by atoms with E-state index in [9.17, 15) is 10.1 Å². The van der Waals surface area contributed by atoms with Crippen LogP contribution in [-0.4, -0.2) is 5.91 Å². The first kappa shape index (κ1) is 15.1. The predicted octanol–water partition coefficient (Wildman–Crippen LogP) is 4.65. The zero-order valence-corrected chi connectivity index (χ0v) is 13.7. The number of benzene rings is 1. The summed E-state index contributed by atoms with van der Waals surface area (Å²) in [5.41, 5.74) is 2.24. The second-order valence-electron chi connectivity index (χ2n) is 5.63. The number of amides is 1. The molecule has 0 bridgehead atoms. The third-order valence-corrected chi connectivity index (χ3v) is 5.38. The Morgan fingerprint density at radius 3 is 3.05 bits per heavy atom. The van der Waals surface area contributed by atoms with Crippen LogP contribution in [0.2, 0.25) is 5.02 Å². The molecule has 22 heavy (non-hydrogen) atoms. The molecule has 1 aromatic heterocycles. The molecule has 5 heteroatoms. The second-order valence-corrected chi connectivity index (χ2v) is 7.17. The highest BCUT2D eigenvalue weighted by molar-refractivity contribution is 7.16. The van der Waals surface area contributed by atoms with Gasteiger partial charge >= 0.3 is 0 Å². The number of nitrogens with zero attached hydrogens (tertiary/aromatic N) is 1. The molecule has 2 aromatic rings. The second kappa shape index (κ2) is 6.12. The summed E-state index contributed by atoms with van der Waals surface area (Å²) in [4.78, 5) is 13.6. The number of nitrogens with one attached hydrogen (secondary N) is 1. The summed E-state index contributed by atoms with van der Waals surface area (Å²) in [7, 11) is 0.